The van der Waals surface area contributed by atoms with Crippen molar-refractivity contribution in [1.82, 2.24) is 0 Å². The van der Waals surface area contributed by atoms with Gasteiger partial charge in [-0.25, -0.2) is 0 Å². The van der Waals surface area contributed by atoms with Crippen molar-refractivity contribution in [3.05, 3.63) is 23.8 Å². The van der Waals surface area contributed by atoms with Crippen LogP contribution in [0.3, 0.4) is 0 Å². The molecule has 0 radical (unpaired) electrons. The second kappa shape index (κ2) is 4.37. The molecule has 0 aliphatic heterocycles. The molecule has 0 aromatic rings. The summed E-state index contributed by atoms with van der Waals surface area (Å²) in [6, 6.07) is 0. The van der Waals surface area contributed by atoms with Crippen LogP contribution in [0.2, 0.25) is 0 Å². The van der Waals surface area contributed by atoms with Crippen LogP contribution < -0.4 is 0 Å². The molecular weight excluding hydrogens is 196 g/mol. The molecule has 1 N–H and O–H groups in total. The largest absolute Gasteiger partial charge is 0.392 e. The van der Waals surface area contributed by atoms with Gasteiger partial charge in [-0.3, -0.25) is 0 Å². The Morgan fingerprint density at radius 2 is 2.12 bits per heavy atom. The predicted molar refractivity (Wildman–Crippen MR) is 68.1 cm³/mol. The highest BCUT2D eigenvalue weighted by Gasteiger charge is 2.41. The van der Waals surface area contributed by atoms with Crippen LogP contribution >= 0.6 is 0 Å². The van der Waals surface area contributed by atoms with E-state index in [1.54, 1.807) is 0 Å². The number of fused-ring (bicyclic) bond motifs is 1. The molecule has 2 rings (SSSR count). The highest BCUT2D eigenvalue weighted by molar-refractivity contribution is 5.21. The van der Waals surface area contributed by atoms with Gasteiger partial charge in [0.05, 0.1) is 6.10 Å². The van der Waals surface area contributed by atoms with Gasteiger partial charge in [0, 0.05) is 0 Å². The molecule has 0 heterocycles. The number of rotatable bonds is 1. The van der Waals surface area contributed by atoms with Crippen LogP contribution in [-0.2, 0) is 0 Å². The van der Waals surface area contributed by atoms with Gasteiger partial charge in [0.1, 0.15) is 0 Å². The normalized spacial score (nSPS) is 39.6. The Bertz CT molecular complexity index is 313. The summed E-state index contributed by atoms with van der Waals surface area (Å²) in [6.45, 7) is 10.9. The molecule has 0 amide bonds. The van der Waals surface area contributed by atoms with Crippen molar-refractivity contribution in [2.45, 2.75) is 46.1 Å². The van der Waals surface area contributed by atoms with Crippen molar-refractivity contribution >= 4 is 0 Å². The first-order chi connectivity index (χ1) is 7.50. The van der Waals surface area contributed by atoms with E-state index in [0.717, 1.165) is 6.42 Å². The minimum atomic E-state index is -0.184. The third-order valence-electron chi connectivity index (χ3n) is 4.45. The summed E-state index contributed by atoms with van der Waals surface area (Å²) in [6.07, 6.45) is 5.49. The summed E-state index contributed by atoms with van der Waals surface area (Å²) in [4.78, 5) is 0. The minimum absolute atomic E-state index is 0.184. The lowest BCUT2D eigenvalue weighted by Crippen LogP contribution is -2.42. The van der Waals surface area contributed by atoms with Gasteiger partial charge in [-0.15, -0.1) is 0 Å². The first-order valence-electron chi connectivity index (χ1n) is 6.53. The van der Waals surface area contributed by atoms with Gasteiger partial charge >= 0.3 is 0 Å². The zero-order valence-electron chi connectivity index (χ0n) is 10.7. The fraction of sp³-hybridized carbons (Fsp3) is 0.733. The summed E-state index contributed by atoms with van der Waals surface area (Å²) in [5.74, 6) is 2.13. The zero-order valence-corrected chi connectivity index (χ0v) is 10.7. The van der Waals surface area contributed by atoms with Crippen molar-refractivity contribution in [3.8, 4) is 0 Å². The minimum Gasteiger partial charge on any atom is -0.392 e. The molecule has 0 aromatic carbocycles. The lowest BCUT2D eigenvalue weighted by Gasteiger charge is -2.45. The van der Waals surface area contributed by atoms with E-state index in [2.05, 4.69) is 33.4 Å². The van der Waals surface area contributed by atoms with Crippen LogP contribution in [-0.4, -0.2) is 11.2 Å². The Hall–Kier alpha value is -0.560. The first-order valence-corrected chi connectivity index (χ1v) is 6.53. The maximum Gasteiger partial charge on any atom is 0.0613 e. The molecule has 2 aliphatic carbocycles. The average Bonchev–Trinajstić information content (AvgIpc) is 2.15. The van der Waals surface area contributed by atoms with E-state index in [4.69, 9.17) is 0 Å². The monoisotopic (exact) mass is 220 g/mol. The summed E-state index contributed by atoms with van der Waals surface area (Å²) >= 11 is 0. The van der Waals surface area contributed by atoms with Crippen molar-refractivity contribution in [1.29, 1.82) is 0 Å². The van der Waals surface area contributed by atoms with Gasteiger partial charge in [-0.05, 0) is 49.9 Å². The van der Waals surface area contributed by atoms with Crippen LogP contribution in [0, 0.1) is 23.7 Å². The molecule has 16 heavy (non-hydrogen) atoms. The SMILES string of the molecule is C=C1C[C@@H](O)[C@@H](C(C)C)[C@@H]2C=C(C)CC[C@@H]12. The van der Waals surface area contributed by atoms with Crippen molar-refractivity contribution in [3.63, 3.8) is 0 Å². The van der Waals surface area contributed by atoms with Crippen LogP contribution in [0.15, 0.2) is 23.8 Å². The van der Waals surface area contributed by atoms with Crippen molar-refractivity contribution < 1.29 is 5.11 Å². The lowest BCUT2D eigenvalue weighted by atomic mass is 9.61. The van der Waals surface area contributed by atoms with E-state index in [-0.39, 0.29) is 6.10 Å². The van der Waals surface area contributed by atoms with Gasteiger partial charge in [0.25, 0.3) is 0 Å². The fourth-order valence-electron chi connectivity index (χ4n) is 3.66. The highest BCUT2D eigenvalue weighted by atomic mass is 16.3. The number of aliphatic hydroxyl groups excluding tert-OH is 1. The maximum atomic E-state index is 10.2. The summed E-state index contributed by atoms with van der Waals surface area (Å²) in [5, 5.41) is 10.2. The quantitative estimate of drug-likeness (QED) is 0.670. The van der Waals surface area contributed by atoms with E-state index in [9.17, 15) is 5.11 Å². The Balaban J connectivity index is 2.31. The van der Waals surface area contributed by atoms with Crippen molar-refractivity contribution in [2.75, 3.05) is 0 Å². The molecule has 1 heteroatoms. The zero-order chi connectivity index (χ0) is 11.9. The molecule has 0 bridgehead atoms. The highest BCUT2D eigenvalue weighted by Crippen LogP contribution is 2.47. The Morgan fingerprint density at radius 3 is 2.75 bits per heavy atom. The molecule has 4 atom stereocenters. The molecule has 1 nitrogen and oxygen atoms in total. The molecule has 0 saturated heterocycles. The lowest BCUT2D eigenvalue weighted by molar-refractivity contribution is 0.0163. The molecule has 1 saturated carbocycles. The molecular formula is C15H24O. The smallest absolute Gasteiger partial charge is 0.0613 e. The number of hydrogen-bond donors (Lipinski definition) is 1. The standard InChI is InChI=1S/C15H24O/c1-9(2)15-13-7-10(3)5-6-12(13)11(4)8-14(15)16/h7,9,12-16H,4-6,8H2,1-3H3/t12-,13+,14+,15-/m0/s1. The fourth-order valence-corrected chi connectivity index (χ4v) is 3.66. The Morgan fingerprint density at radius 1 is 1.44 bits per heavy atom. The van der Waals surface area contributed by atoms with Crippen LogP contribution in [0.4, 0.5) is 0 Å². The van der Waals surface area contributed by atoms with Gasteiger partial charge in [-0.1, -0.05) is 37.6 Å². The second-order valence-corrected chi connectivity index (χ2v) is 5.99. The van der Waals surface area contributed by atoms with Crippen LogP contribution in [0.5, 0.6) is 0 Å². The van der Waals surface area contributed by atoms with Gasteiger partial charge in [0.15, 0.2) is 0 Å². The Kier molecular flexibility index (Phi) is 3.25. The second-order valence-electron chi connectivity index (χ2n) is 5.99. The molecule has 1 fully saturated rings. The Labute approximate surface area is 99.3 Å². The maximum absolute atomic E-state index is 10.2. The van der Waals surface area contributed by atoms with Crippen LogP contribution in [0.25, 0.3) is 0 Å². The summed E-state index contributed by atoms with van der Waals surface area (Å²) < 4.78 is 0. The third kappa shape index (κ3) is 1.98. The summed E-state index contributed by atoms with van der Waals surface area (Å²) in [7, 11) is 0. The van der Waals surface area contributed by atoms with Crippen LogP contribution in [0.1, 0.15) is 40.0 Å². The van der Waals surface area contributed by atoms with E-state index < -0.39 is 0 Å². The number of aliphatic hydroxyl groups is 1. The van der Waals surface area contributed by atoms with E-state index in [1.165, 1.54) is 24.0 Å². The molecule has 0 aromatic heterocycles. The molecule has 0 unspecified atom stereocenters. The third-order valence-corrected chi connectivity index (χ3v) is 4.45. The number of allylic oxidation sites excluding steroid dienone is 2. The predicted octanol–water partition coefficient (Wildman–Crippen LogP) is 3.55. The first kappa shape index (κ1) is 11.9. The molecule has 90 valence electrons. The topological polar surface area (TPSA) is 20.2 Å². The van der Waals surface area contributed by atoms with Gasteiger partial charge in [-0.2, -0.15) is 0 Å². The van der Waals surface area contributed by atoms with E-state index in [0.29, 0.717) is 23.7 Å². The van der Waals surface area contributed by atoms with Gasteiger partial charge in [0.2, 0.25) is 0 Å². The average molecular weight is 220 g/mol. The molecule has 2 aliphatic rings. The summed E-state index contributed by atoms with van der Waals surface area (Å²) in [5.41, 5.74) is 2.77. The van der Waals surface area contributed by atoms with E-state index in [1.807, 2.05) is 0 Å². The molecule has 0 spiro atoms. The van der Waals surface area contributed by atoms with Gasteiger partial charge < -0.3 is 5.11 Å². The number of hydrogen-bond acceptors (Lipinski definition) is 1. The van der Waals surface area contributed by atoms with E-state index >= 15 is 0 Å². The van der Waals surface area contributed by atoms with Crippen molar-refractivity contribution in [2.24, 2.45) is 23.7 Å².